The van der Waals surface area contributed by atoms with Gasteiger partial charge in [-0.1, -0.05) is 30.3 Å². The third-order valence-electron chi connectivity index (χ3n) is 8.15. The Balaban J connectivity index is 1.45. The topological polar surface area (TPSA) is 108 Å². The summed E-state index contributed by atoms with van der Waals surface area (Å²) in [6.45, 7) is 3.90. The fourth-order valence-corrected chi connectivity index (χ4v) is 8.75. The zero-order valence-electron chi connectivity index (χ0n) is 21.3. The molecule has 3 heterocycles. The Morgan fingerprint density at radius 2 is 1.84 bits per heavy atom. The van der Waals surface area contributed by atoms with Gasteiger partial charge in [-0.3, -0.25) is 14.4 Å². The first-order valence-corrected chi connectivity index (χ1v) is 13.5. The highest BCUT2D eigenvalue weighted by atomic mass is 32.2. The van der Waals surface area contributed by atoms with Gasteiger partial charge in [0.1, 0.15) is 11.8 Å². The van der Waals surface area contributed by atoms with Gasteiger partial charge < -0.3 is 25.4 Å². The highest BCUT2D eigenvalue weighted by Crippen LogP contribution is 2.71. The number of carbonyl (C=O) groups excluding carboxylic acids is 3. The van der Waals surface area contributed by atoms with E-state index in [2.05, 4.69) is 10.6 Å². The molecule has 3 amide bonds. The number of hydrogen-bond donors (Lipinski definition) is 3. The van der Waals surface area contributed by atoms with E-state index in [0.717, 1.165) is 12.0 Å². The third-order valence-corrected chi connectivity index (χ3v) is 10.1. The molecule has 0 aromatic heterocycles. The van der Waals surface area contributed by atoms with Gasteiger partial charge in [-0.2, -0.15) is 0 Å². The zero-order chi connectivity index (χ0) is 26.4. The van der Waals surface area contributed by atoms with Crippen molar-refractivity contribution in [3.63, 3.8) is 0 Å². The maximum atomic E-state index is 14.0. The van der Waals surface area contributed by atoms with Crippen molar-refractivity contribution in [3.8, 4) is 5.75 Å². The number of amides is 3. The molecule has 0 radical (unpaired) electrons. The summed E-state index contributed by atoms with van der Waals surface area (Å²) in [5.41, 5.74) is 1.58. The van der Waals surface area contributed by atoms with E-state index >= 15 is 0 Å². The molecule has 6 atom stereocenters. The molecule has 2 bridgehead atoms. The fraction of sp³-hybridized carbons (Fsp3) is 0.464. The highest BCUT2D eigenvalue weighted by Gasteiger charge is 2.77. The molecule has 9 heteroatoms. The minimum absolute atomic E-state index is 0.161. The van der Waals surface area contributed by atoms with Gasteiger partial charge in [-0.15, -0.1) is 11.8 Å². The molecular formula is C28H33N3O5S. The SMILES string of the molecule is COc1ccc(NC(=O)C2N([C@H](C)CO)C(=O)[C@@H]3[C@@H](C(=O)NCc4ccccc4)[C@@]4(C)CCC23S4)cc1. The predicted molar refractivity (Wildman–Crippen MR) is 142 cm³/mol. The Morgan fingerprint density at radius 3 is 2.49 bits per heavy atom. The Labute approximate surface area is 221 Å². The van der Waals surface area contributed by atoms with Crippen LogP contribution in [0.25, 0.3) is 0 Å². The van der Waals surface area contributed by atoms with Crippen LogP contribution in [-0.4, -0.2) is 63.0 Å². The number of likely N-dealkylation sites (tertiary alicyclic amines) is 1. The van der Waals surface area contributed by atoms with Crippen molar-refractivity contribution in [1.29, 1.82) is 0 Å². The second-order valence-corrected chi connectivity index (χ2v) is 12.3. The normalized spacial score (nSPS) is 30.6. The number of thioether (sulfide) groups is 1. The van der Waals surface area contributed by atoms with Gasteiger partial charge in [0.15, 0.2) is 0 Å². The number of fused-ring (bicyclic) bond motifs is 1. The average molecular weight is 524 g/mol. The Hall–Kier alpha value is -3.04. The maximum absolute atomic E-state index is 14.0. The summed E-state index contributed by atoms with van der Waals surface area (Å²) in [6.07, 6.45) is 1.39. The number of rotatable bonds is 8. The first-order valence-electron chi connectivity index (χ1n) is 12.6. The zero-order valence-corrected chi connectivity index (χ0v) is 22.1. The molecule has 196 valence electrons. The Morgan fingerprint density at radius 1 is 1.14 bits per heavy atom. The molecule has 8 nitrogen and oxygen atoms in total. The lowest BCUT2D eigenvalue weighted by Gasteiger charge is -2.36. The number of benzene rings is 2. The van der Waals surface area contributed by atoms with Crippen LogP contribution in [-0.2, 0) is 20.9 Å². The van der Waals surface area contributed by atoms with E-state index in [-0.39, 0.29) is 24.3 Å². The minimum atomic E-state index is -0.798. The largest absolute Gasteiger partial charge is 0.497 e. The van der Waals surface area contributed by atoms with Crippen LogP contribution in [0.2, 0.25) is 0 Å². The number of carbonyl (C=O) groups is 3. The van der Waals surface area contributed by atoms with E-state index in [1.54, 1.807) is 50.1 Å². The Bertz CT molecular complexity index is 1190. The molecule has 1 spiro atoms. The number of aliphatic hydroxyl groups is 1. The number of ether oxygens (including phenoxy) is 1. The molecule has 3 aliphatic rings. The van der Waals surface area contributed by atoms with Gasteiger partial charge in [-0.05, 0) is 56.5 Å². The van der Waals surface area contributed by atoms with Gasteiger partial charge in [0.2, 0.25) is 17.7 Å². The molecule has 2 aromatic rings. The minimum Gasteiger partial charge on any atom is -0.497 e. The van der Waals surface area contributed by atoms with Crippen LogP contribution in [0.5, 0.6) is 5.75 Å². The van der Waals surface area contributed by atoms with Crippen molar-refractivity contribution in [2.45, 2.75) is 54.8 Å². The molecule has 37 heavy (non-hydrogen) atoms. The lowest BCUT2D eigenvalue weighted by molar-refractivity contribution is -0.142. The molecule has 0 aliphatic carbocycles. The number of anilines is 1. The van der Waals surface area contributed by atoms with Crippen LogP contribution in [0.1, 0.15) is 32.3 Å². The molecule has 3 saturated heterocycles. The van der Waals surface area contributed by atoms with Crippen molar-refractivity contribution in [1.82, 2.24) is 10.2 Å². The summed E-state index contributed by atoms with van der Waals surface area (Å²) in [5, 5.41) is 16.0. The standard InChI is InChI=1S/C28H33N3O5S/c1-17(16-32)31-23(25(34)30-19-9-11-20(36-3)12-10-19)28-14-13-27(2,37-28)21(22(28)26(31)35)24(33)29-15-18-7-5-4-6-8-18/h4-12,17,21-23,32H,13-16H2,1-3H3,(H,29,33)(H,30,34)/t17-,21+,22+,23?,27-,28?/m1/s1. The van der Waals surface area contributed by atoms with Crippen LogP contribution in [0, 0.1) is 11.8 Å². The summed E-state index contributed by atoms with van der Waals surface area (Å²) in [7, 11) is 1.58. The molecule has 2 aromatic carbocycles. The number of nitrogens with zero attached hydrogens (tertiary/aromatic N) is 1. The second kappa shape index (κ2) is 9.68. The van der Waals surface area contributed by atoms with Crippen LogP contribution < -0.4 is 15.4 Å². The van der Waals surface area contributed by atoms with E-state index < -0.39 is 33.4 Å². The van der Waals surface area contributed by atoms with Crippen LogP contribution in [0.4, 0.5) is 5.69 Å². The lowest BCUT2D eigenvalue weighted by atomic mass is 9.66. The van der Waals surface area contributed by atoms with Gasteiger partial charge in [0, 0.05) is 17.0 Å². The van der Waals surface area contributed by atoms with Crippen molar-refractivity contribution in [2.75, 3.05) is 19.0 Å². The molecule has 3 fully saturated rings. The quantitative estimate of drug-likeness (QED) is 0.491. The number of methoxy groups -OCH3 is 1. The molecule has 5 rings (SSSR count). The number of aliphatic hydroxyl groups excluding tert-OH is 1. The van der Waals surface area contributed by atoms with Gasteiger partial charge >= 0.3 is 0 Å². The highest BCUT2D eigenvalue weighted by molar-refractivity contribution is 8.02. The van der Waals surface area contributed by atoms with Crippen LogP contribution in [0.15, 0.2) is 54.6 Å². The first-order chi connectivity index (χ1) is 17.7. The molecule has 2 unspecified atom stereocenters. The third kappa shape index (κ3) is 4.18. The first kappa shape index (κ1) is 25.6. The molecule has 0 saturated carbocycles. The van der Waals surface area contributed by atoms with E-state index in [1.807, 2.05) is 37.3 Å². The number of nitrogens with one attached hydrogen (secondary N) is 2. The lowest BCUT2D eigenvalue weighted by Crippen LogP contribution is -2.54. The summed E-state index contributed by atoms with van der Waals surface area (Å²) >= 11 is 1.61. The van der Waals surface area contributed by atoms with Crippen molar-refractivity contribution in [2.24, 2.45) is 11.8 Å². The fourth-order valence-electron chi connectivity index (χ4n) is 6.41. The maximum Gasteiger partial charge on any atom is 0.248 e. The second-order valence-electron chi connectivity index (χ2n) is 10.4. The smallest absolute Gasteiger partial charge is 0.248 e. The van der Waals surface area contributed by atoms with Gasteiger partial charge in [0.05, 0.1) is 36.3 Å². The van der Waals surface area contributed by atoms with E-state index in [1.165, 1.54) is 4.90 Å². The monoisotopic (exact) mass is 523 g/mol. The molecule has 3 aliphatic heterocycles. The average Bonchev–Trinajstić information content (AvgIpc) is 3.48. The van der Waals surface area contributed by atoms with E-state index in [4.69, 9.17) is 4.74 Å². The molecular weight excluding hydrogens is 490 g/mol. The Kier molecular flexibility index (Phi) is 6.70. The van der Waals surface area contributed by atoms with Crippen molar-refractivity contribution in [3.05, 3.63) is 60.2 Å². The molecule has 3 N–H and O–H groups in total. The number of hydrogen-bond acceptors (Lipinski definition) is 6. The van der Waals surface area contributed by atoms with Crippen LogP contribution >= 0.6 is 11.8 Å². The van der Waals surface area contributed by atoms with Crippen molar-refractivity contribution >= 4 is 35.2 Å². The van der Waals surface area contributed by atoms with Crippen molar-refractivity contribution < 1.29 is 24.2 Å². The van der Waals surface area contributed by atoms with Gasteiger partial charge in [0.25, 0.3) is 0 Å². The van der Waals surface area contributed by atoms with E-state index in [9.17, 15) is 19.5 Å². The predicted octanol–water partition coefficient (Wildman–Crippen LogP) is 2.81. The van der Waals surface area contributed by atoms with Crippen LogP contribution in [0.3, 0.4) is 0 Å². The summed E-state index contributed by atoms with van der Waals surface area (Å²) in [4.78, 5) is 43.0. The van der Waals surface area contributed by atoms with E-state index in [0.29, 0.717) is 24.4 Å². The summed E-state index contributed by atoms with van der Waals surface area (Å²) < 4.78 is 4.02. The summed E-state index contributed by atoms with van der Waals surface area (Å²) in [5.74, 6) is -1.21. The summed E-state index contributed by atoms with van der Waals surface area (Å²) in [6, 6.07) is 15.3. The van der Waals surface area contributed by atoms with Gasteiger partial charge in [-0.25, -0.2) is 0 Å².